The number of hydrogen-bond acceptors (Lipinski definition) is 12. The van der Waals surface area contributed by atoms with Crippen molar-refractivity contribution in [3.05, 3.63) is 106 Å². The lowest BCUT2D eigenvalue weighted by Crippen LogP contribution is -2.38. The number of amides is 1. The maximum Gasteiger partial charge on any atom is 0.255 e. The summed E-state index contributed by atoms with van der Waals surface area (Å²) in [6.45, 7) is -0.399. The van der Waals surface area contributed by atoms with Crippen LogP contribution in [0.3, 0.4) is 0 Å². The molecule has 0 radical (unpaired) electrons. The molecule has 5 aromatic rings. The number of carbonyl (C=O) groups is 1. The fraction of sp³-hybridized carbons (Fsp3) is 0.282. The SMILES string of the molecule is COc1cc(-c2cc(-c3cc(CO)c(CO)c(CO)c3)on2)cc(OC)c1OCCCCOc1ccc(C2NC(=O)c3ccccc3N2)cc1CO. The highest BCUT2D eigenvalue weighted by molar-refractivity contribution is 6.01. The number of nitrogens with zero attached hydrogens (tertiary/aromatic N) is 1. The maximum atomic E-state index is 12.6. The number of benzene rings is 4. The Kier molecular flexibility index (Phi) is 11.6. The van der Waals surface area contributed by atoms with Gasteiger partial charge in [0.05, 0.1) is 59.4 Å². The van der Waals surface area contributed by atoms with Gasteiger partial charge in [-0.1, -0.05) is 23.4 Å². The van der Waals surface area contributed by atoms with Crippen molar-refractivity contribution in [1.82, 2.24) is 10.5 Å². The smallest absolute Gasteiger partial charge is 0.255 e. The highest BCUT2D eigenvalue weighted by Gasteiger charge is 2.25. The summed E-state index contributed by atoms with van der Waals surface area (Å²) < 4.78 is 29.0. The Hall–Kier alpha value is -5.60. The highest BCUT2D eigenvalue weighted by Crippen LogP contribution is 2.42. The number of nitrogens with one attached hydrogen (secondary N) is 2. The molecule has 52 heavy (non-hydrogen) atoms. The van der Waals surface area contributed by atoms with E-state index in [-0.39, 0.29) is 32.3 Å². The van der Waals surface area contributed by atoms with Crippen molar-refractivity contribution in [1.29, 1.82) is 0 Å². The molecule has 272 valence electrons. The van der Waals surface area contributed by atoms with Crippen LogP contribution >= 0.6 is 0 Å². The molecule has 1 atom stereocenters. The Morgan fingerprint density at radius 3 is 2.04 bits per heavy atom. The fourth-order valence-corrected chi connectivity index (χ4v) is 6.12. The average Bonchev–Trinajstić information content (AvgIpc) is 3.69. The lowest BCUT2D eigenvalue weighted by molar-refractivity contribution is 0.0935. The Bertz CT molecular complexity index is 1980. The van der Waals surface area contributed by atoms with Crippen LogP contribution in [0.4, 0.5) is 5.69 Å². The third kappa shape index (κ3) is 7.67. The minimum Gasteiger partial charge on any atom is -0.493 e. The van der Waals surface area contributed by atoms with Crippen LogP contribution in [-0.2, 0) is 26.4 Å². The summed E-state index contributed by atoms with van der Waals surface area (Å²) in [7, 11) is 3.06. The van der Waals surface area contributed by atoms with Gasteiger partial charge in [0.25, 0.3) is 5.91 Å². The van der Waals surface area contributed by atoms with E-state index in [9.17, 15) is 25.2 Å². The second kappa shape index (κ2) is 16.6. The van der Waals surface area contributed by atoms with E-state index in [1.807, 2.05) is 30.3 Å². The van der Waals surface area contributed by atoms with Gasteiger partial charge in [0.2, 0.25) is 5.75 Å². The van der Waals surface area contributed by atoms with Crippen LogP contribution in [0.1, 0.15) is 57.2 Å². The third-order valence-corrected chi connectivity index (χ3v) is 8.86. The standard InChI is InChI=1S/C39H41N3O10/c1-48-35-16-24(32-18-34(52-42-32)25-14-26(19-43)30(22-46)27(15-25)20-44)17-36(49-2)37(35)51-12-6-5-11-50-33-10-9-23(13-28(33)21-45)38-40-31-8-4-3-7-29(31)39(47)41-38/h3-4,7-10,13-18,38,40,43-46H,5-6,11-12,19-22H2,1-2H3,(H,41,47). The molecular formula is C39H41N3O10. The number of unbranched alkanes of at least 4 members (excludes halogenated alkanes) is 1. The van der Waals surface area contributed by atoms with Crippen LogP contribution in [0.5, 0.6) is 23.0 Å². The molecule has 1 aromatic heterocycles. The molecule has 4 aromatic carbocycles. The number of fused-ring (bicyclic) bond motifs is 1. The highest BCUT2D eigenvalue weighted by atomic mass is 16.5. The number of para-hydroxylation sites is 1. The van der Waals surface area contributed by atoms with Crippen LogP contribution in [0.2, 0.25) is 0 Å². The number of hydrogen-bond donors (Lipinski definition) is 6. The maximum absolute atomic E-state index is 12.6. The van der Waals surface area contributed by atoms with Crippen LogP contribution in [-0.4, -0.2) is 58.9 Å². The summed E-state index contributed by atoms with van der Waals surface area (Å²) in [5.74, 6) is 2.12. The van der Waals surface area contributed by atoms with Gasteiger partial charge in [0, 0.05) is 28.4 Å². The minimum atomic E-state index is -0.437. The second-order valence-corrected chi connectivity index (χ2v) is 12.1. The molecule has 0 spiro atoms. The molecule has 6 N–H and O–H groups in total. The average molecular weight is 712 g/mol. The van der Waals surface area contributed by atoms with Gasteiger partial charge in [-0.3, -0.25) is 4.79 Å². The molecule has 0 aliphatic carbocycles. The normalized spacial score (nSPS) is 13.6. The van der Waals surface area contributed by atoms with E-state index in [0.717, 1.165) is 11.3 Å². The summed E-state index contributed by atoms with van der Waals surface area (Å²) in [5, 5.41) is 49.9. The van der Waals surface area contributed by atoms with E-state index in [2.05, 4.69) is 15.8 Å². The molecule has 6 rings (SSSR count). The van der Waals surface area contributed by atoms with Crippen LogP contribution < -0.4 is 29.6 Å². The number of anilines is 1. The van der Waals surface area contributed by atoms with Crippen LogP contribution in [0.15, 0.2) is 77.3 Å². The van der Waals surface area contributed by atoms with E-state index < -0.39 is 6.17 Å². The van der Waals surface area contributed by atoms with Crippen molar-refractivity contribution in [3.63, 3.8) is 0 Å². The minimum absolute atomic E-state index is 0.165. The van der Waals surface area contributed by atoms with E-state index >= 15 is 0 Å². The first-order valence-electron chi connectivity index (χ1n) is 16.8. The largest absolute Gasteiger partial charge is 0.493 e. The van der Waals surface area contributed by atoms with Gasteiger partial charge in [0.15, 0.2) is 17.3 Å². The van der Waals surface area contributed by atoms with Crippen molar-refractivity contribution >= 4 is 11.6 Å². The van der Waals surface area contributed by atoms with Crippen LogP contribution in [0, 0.1) is 0 Å². The quantitative estimate of drug-likeness (QED) is 0.0747. The van der Waals surface area contributed by atoms with E-state index in [4.69, 9.17) is 23.5 Å². The number of aromatic nitrogens is 1. The fourth-order valence-electron chi connectivity index (χ4n) is 6.12. The Morgan fingerprint density at radius 1 is 0.712 bits per heavy atom. The van der Waals surface area contributed by atoms with Gasteiger partial charge in [0.1, 0.15) is 17.6 Å². The van der Waals surface area contributed by atoms with Crippen molar-refractivity contribution in [3.8, 4) is 45.6 Å². The zero-order valence-corrected chi connectivity index (χ0v) is 28.8. The predicted molar refractivity (Wildman–Crippen MR) is 191 cm³/mol. The van der Waals surface area contributed by atoms with Gasteiger partial charge < -0.3 is 54.5 Å². The predicted octanol–water partition coefficient (Wildman–Crippen LogP) is 5.09. The van der Waals surface area contributed by atoms with E-state index in [1.165, 1.54) is 14.2 Å². The van der Waals surface area contributed by atoms with Gasteiger partial charge >= 0.3 is 0 Å². The van der Waals surface area contributed by atoms with E-state index in [0.29, 0.717) is 99.5 Å². The molecule has 1 amide bonds. The first-order valence-corrected chi connectivity index (χ1v) is 16.8. The molecule has 13 heteroatoms. The lowest BCUT2D eigenvalue weighted by atomic mass is 9.97. The molecule has 0 fully saturated rings. The zero-order chi connectivity index (χ0) is 36.6. The third-order valence-electron chi connectivity index (χ3n) is 8.86. The van der Waals surface area contributed by atoms with Crippen LogP contribution in [0.25, 0.3) is 22.6 Å². The van der Waals surface area contributed by atoms with Crippen molar-refractivity contribution in [2.24, 2.45) is 0 Å². The molecule has 1 aliphatic rings. The summed E-state index contributed by atoms with van der Waals surface area (Å²) in [4.78, 5) is 12.6. The Morgan fingerprint density at radius 2 is 1.38 bits per heavy atom. The molecule has 0 saturated heterocycles. The number of methoxy groups -OCH3 is 2. The first kappa shape index (κ1) is 36.2. The van der Waals surface area contributed by atoms with Gasteiger partial charge in [-0.2, -0.15) is 0 Å². The molecule has 0 saturated carbocycles. The monoisotopic (exact) mass is 711 g/mol. The van der Waals surface area contributed by atoms with Gasteiger partial charge in [-0.15, -0.1) is 0 Å². The molecular weight excluding hydrogens is 670 g/mol. The number of rotatable bonds is 16. The Labute approximate surface area is 300 Å². The number of ether oxygens (including phenoxy) is 4. The molecule has 2 heterocycles. The summed E-state index contributed by atoms with van der Waals surface area (Å²) >= 11 is 0. The second-order valence-electron chi connectivity index (χ2n) is 12.1. The first-order chi connectivity index (χ1) is 25.4. The van der Waals surface area contributed by atoms with Gasteiger partial charge in [-0.25, -0.2) is 0 Å². The topological polar surface area (TPSA) is 185 Å². The number of aliphatic hydroxyl groups excluding tert-OH is 4. The Balaban J connectivity index is 1.06. The molecule has 1 unspecified atom stereocenters. The van der Waals surface area contributed by atoms with Gasteiger partial charge in [-0.05, 0) is 83.6 Å². The van der Waals surface area contributed by atoms with Crippen molar-refractivity contribution < 1.29 is 48.7 Å². The summed E-state index contributed by atoms with van der Waals surface area (Å²) in [5.41, 5.74) is 5.93. The number of carbonyl (C=O) groups excluding carboxylic acids is 1. The molecule has 13 nitrogen and oxygen atoms in total. The zero-order valence-electron chi connectivity index (χ0n) is 28.8. The molecule has 0 bridgehead atoms. The summed E-state index contributed by atoms with van der Waals surface area (Å²) in [6.07, 6.45) is 0.891. The lowest BCUT2D eigenvalue weighted by Gasteiger charge is -2.28. The number of aliphatic hydroxyl groups is 4. The van der Waals surface area contributed by atoms with Crippen molar-refractivity contribution in [2.45, 2.75) is 45.4 Å². The van der Waals surface area contributed by atoms with E-state index in [1.54, 1.807) is 42.5 Å². The van der Waals surface area contributed by atoms with Crippen molar-refractivity contribution in [2.75, 3.05) is 32.8 Å². The summed E-state index contributed by atoms with van der Waals surface area (Å²) in [6, 6.07) is 21.4. The molecule has 1 aliphatic heterocycles.